The number of hydrogen-bond acceptors (Lipinski definition) is 13. The minimum Gasteiger partial charge on any atom is -0.416 e. The van der Waals surface area contributed by atoms with Crippen molar-refractivity contribution in [2.24, 2.45) is 0 Å². The summed E-state index contributed by atoms with van der Waals surface area (Å²) in [4.78, 5) is 20.6. The Morgan fingerprint density at radius 1 is 0.184 bits per heavy atom. The Labute approximate surface area is 313 Å². The summed E-state index contributed by atoms with van der Waals surface area (Å²) in [6.45, 7) is 47.0. The van der Waals surface area contributed by atoms with Crippen molar-refractivity contribution >= 4 is 103 Å². The predicted molar refractivity (Wildman–Crippen MR) is 226 cm³/mol. The highest BCUT2D eigenvalue weighted by Gasteiger charge is 2.51. The zero-order valence-electron chi connectivity index (χ0n) is 35.4. The molecule has 0 aliphatic carbocycles. The maximum atomic E-state index is 10.3. The molecule has 0 aromatic carbocycles. The van der Waals surface area contributed by atoms with Gasteiger partial charge in [-0.25, -0.2) is 0 Å². The molecule has 0 bridgehead atoms. The standard InChI is InChI=1S/C24H74O13Si12/c1-38(2,25)27-40(5,6)29-42(9,10)31-44(13,14)33-46(17,18)35-48(21,22)37-49(23,24)36-47(19,20)34-45(15,16)32-43(11,12)30-41(7,8)28-39(3,4)26/h25-26H,1-24H3. The van der Waals surface area contributed by atoms with Crippen LogP contribution in [0.5, 0.6) is 0 Å². The Balaban J connectivity index is 5.55. The van der Waals surface area contributed by atoms with Gasteiger partial charge in [-0.05, 0) is 157 Å². The van der Waals surface area contributed by atoms with Crippen LogP contribution in [-0.2, 0) is 45.3 Å². The summed E-state index contributed by atoms with van der Waals surface area (Å²) >= 11 is 0. The molecule has 13 nitrogen and oxygen atoms in total. The van der Waals surface area contributed by atoms with Crippen LogP contribution >= 0.6 is 0 Å². The minimum absolute atomic E-state index is 1.74. The third-order valence-electron chi connectivity index (χ3n) is 5.42. The van der Waals surface area contributed by atoms with Gasteiger partial charge in [0.25, 0.3) is 0 Å². The van der Waals surface area contributed by atoms with Crippen LogP contribution in [0.3, 0.4) is 0 Å². The van der Waals surface area contributed by atoms with E-state index in [0.29, 0.717) is 0 Å². The molecular formula is C24H74O13Si12. The van der Waals surface area contributed by atoms with Crippen LogP contribution in [0.25, 0.3) is 0 Å². The minimum atomic E-state index is -2.76. The highest BCUT2D eigenvalue weighted by molar-refractivity contribution is 6.93. The number of hydrogen-bond donors (Lipinski definition) is 2. The van der Waals surface area contributed by atoms with Gasteiger partial charge in [-0.1, -0.05) is 0 Å². The van der Waals surface area contributed by atoms with E-state index < -0.39 is 103 Å². The first-order valence-electron chi connectivity index (χ1n) is 16.9. The first-order valence-corrected chi connectivity index (χ1v) is 50.8. The Morgan fingerprint density at radius 3 is 0.347 bits per heavy atom. The van der Waals surface area contributed by atoms with Gasteiger partial charge in [-0.15, -0.1) is 0 Å². The summed E-state index contributed by atoms with van der Waals surface area (Å²) in [5.41, 5.74) is 0. The summed E-state index contributed by atoms with van der Waals surface area (Å²) in [6.07, 6.45) is 0. The lowest BCUT2D eigenvalue weighted by atomic mass is 11.9. The molecule has 0 heterocycles. The van der Waals surface area contributed by atoms with Crippen molar-refractivity contribution in [3.8, 4) is 0 Å². The quantitative estimate of drug-likeness (QED) is 0.103. The molecule has 49 heavy (non-hydrogen) atoms. The molecule has 0 spiro atoms. The van der Waals surface area contributed by atoms with Crippen LogP contribution in [0.4, 0.5) is 0 Å². The van der Waals surface area contributed by atoms with Gasteiger partial charge in [0.1, 0.15) is 0 Å². The van der Waals surface area contributed by atoms with E-state index in [1.165, 1.54) is 0 Å². The maximum Gasteiger partial charge on any atom is 0.320 e. The Morgan fingerprint density at radius 2 is 0.265 bits per heavy atom. The Kier molecular flexibility index (Phi) is 17.4. The molecule has 0 fully saturated rings. The van der Waals surface area contributed by atoms with E-state index >= 15 is 0 Å². The van der Waals surface area contributed by atoms with Crippen LogP contribution in [-0.4, -0.2) is 112 Å². The van der Waals surface area contributed by atoms with Gasteiger partial charge in [0.2, 0.25) is 0 Å². The Hall–Kier alpha value is 2.08. The van der Waals surface area contributed by atoms with Gasteiger partial charge < -0.3 is 54.9 Å². The van der Waals surface area contributed by atoms with Crippen LogP contribution in [0.2, 0.25) is 157 Å². The van der Waals surface area contributed by atoms with Crippen molar-refractivity contribution in [2.45, 2.75) is 157 Å². The first-order chi connectivity index (χ1) is 20.8. The lowest BCUT2D eigenvalue weighted by molar-refractivity contribution is 0.251. The molecule has 0 rings (SSSR count). The second kappa shape index (κ2) is 16.7. The molecule has 0 radical (unpaired) electrons. The molecule has 0 saturated carbocycles. The lowest BCUT2D eigenvalue weighted by Gasteiger charge is -2.44. The molecule has 0 aromatic rings. The summed E-state index contributed by atoms with van der Waals surface area (Å²) in [5.74, 6) is 0. The molecule has 25 heteroatoms. The van der Waals surface area contributed by atoms with Crippen molar-refractivity contribution in [1.29, 1.82) is 0 Å². The van der Waals surface area contributed by atoms with Crippen molar-refractivity contribution in [3.05, 3.63) is 0 Å². The smallest absolute Gasteiger partial charge is 0.320 e. The largest absolute Gasteiger partial charge is 0.416 e. The van der Waals surface area contributed by atoms with E-state index in [1.807, 2.05) is 131 Å². The van der Waals surface area contributed by atoms with Crippen LogP contribution in [0, 0.1) is 0 Å². The molecule has 0 saturated heterocycles. The van der Waals surface area contributed by atoms with E-state index in [-0.39, 0.29) is 0 Å². The fourth-order valence-electron chi connectivity index (χ4n) is 6.74. The number of rotatable bonds is 22. The van der Waals surface area contributed by atoms with Crippen molar-refractivity contribution < 1.29 is 54.9 Å². The highest BCUT2D eigenvalue weighted by atomic mass is 28.5. The molecule has 0 aliphatic rings. The molecule has 0 aliphatic heterocycles. The summed E-state index contributed by atoms with van der Waals surface area (Å²) in [6, 6.07) is 0. The SMILES string of the molecule is C[Si](C)(O)O[Si](C)(C)O[Si](C)(C)O[Si](C)(C)O[Si](C)(C)O[Si](C)(C)O[Si](C)(C)O[Si](C)(C)O[Si](C)(C)O[Si](C)(C)O[Si](C)(C)O[Si](C)(C)O. The topological polar surface area (TPSA) is 142 Å². The van der Waals surface area contributed by atoms with E-state index in [4.69, 9.17) is 45.3 Å². The van der Waals surface area contributed by atoms with Crippen molar-refractivity contribution in [2.75, 3.05) is 0 Å². The van der Waals surface area contributed by atoms with Gasteiger partial charge in [-0.3, -0.25) is 0 Å². The molecule has 0 amide bonds. The second-order valence-electron chi connectivity index (χ2n) is 18.0. The van der Waals surface area contributed by atoms with Crippen LogP contribution in [0.15, 0.2) is 0 Å². The van der Waals surface area contributed by atoms with Gasteiger partial charge in [-0.2, -0.15) is 0 Å². The average Bonchev–Trinajstić information content (AvgIpc) is 2.52. The van der Waals surface area contributed by atoms with E-state index in [9.17, 15) is 9.59 Å². The molecule has 0 atom stereocenters. The summed E-state index contributed by atoms with van der Waals surface area (Å²) in [5, 5.41) is 0. The third kappa shape index (κ3) is 25.0. The highest BCUT2D eigenvalue weighted by Crippen LogP contribution is 2.31. The van der Waals surface area contributed by atoms with Gasteiger partial charge in [0, 0.05) is 0 Å². The zero-order chi connectivity index (χ0) is 39.8. The molecular weight excluding hydrogens is 833 g/mol. The second-order valence-corrected chi connectivity index (χ2v) is 60.8. The van der Waals surface area contributed by atoms with Crippen molar-refractivity contribution in [1.82, 2.24) is 0 Å². The Bertz CT molecular complexity index is 991. The molecule has 296 valence electrons. The summed E-state index contributed by atoms with van der Waals surface area (Å²) < 4.78 is 71.7. The van der Waals surface area contributed by atoms with Crippen LogP contribution < -0.4 is 0 Å². The fourth-order valence-corrected chi connectivity index (χ4v) is 64.4. The lowest BCUT2D eigenvalue weighted by Crippen LogP contribution is -2.62. The van der Waals surface area contributed by atoms with E-state index in [2.05, 4.69) is 0 Å². The van der Waals surface area contributed by atoms with Gasteiger partial charge in [0.15, 0.2) is 0 Å². The predicted octanol–water partition coefficient (Wildman–Crippen LogP) is 7.58. The monoisotopic (exact) mass is 906 g/mol. The fraction of sp³-hybridized carbons (Fsp3) is 1.00. The first kappa shape index (κ1) is 51.1. The molecule has 0 unspecified atom stereocenters. The zero-order valence-corrected chi connectivity index (χ0v) is 47.4. The maximum absolute atomic E-state index is 10.3. The third-order valence-corrected chi connectivity index (χ3v) is 48.7. The van der Waals surface area contributed by atoms with Gasteiger partial charge >= 0.3 is 103 Å². The van der Waals surface area contributed by atoms with E-state index in [0.717, 1.165) is 0 Å². The van der Waals surface area contributed by atoms with Gasteiger partial charge in [0.05, 0.1) is 0 Å². The summed E-state index contributed by atoms with van der Waals surface area (Å²) in [7, 11) is -32.5. The molecule has 2 N–H and O–H groups in total. The van der Waals surface area contributed by atoms with Crippen LogP contribution in [0.1, 0.15) is 0 Å². The average molecular weight is 908 g/mol. The van der Waals surface area contributed by atoms with E-state index in [1.54, 1.807) is 26.2 Å². The van der Waals surface area contributed by atoms with Crippen molar-refractivity contribution in [3.63, 3.8) is 0 Å². The normalized spacial score (nSPS) is 16.0. The molecule has 0 aromatic heterocycles.